The van der Waals surface area contributed by atoms with Gasteiger partial charge in [0, 0.05) is 23.7 Å². The molecule has 0 aromatic heterocycles. The van der Waals surface area contributed by atoms with Crippen LogP contribution in [0.4, 0.5) is 0 Å². The van der Waals surface area contributed by atoms with Crippen LogP contribution in [0.5, 0.6) is 0 Å². The second-order valence-corrected chi connectivity index (χ2v) is 15.7. The van der Waals surface area contributed by atoms with Gasteiger partial charge in [0.1, 0.15) is 17.5 Å². The molecular formula is C30H46O6. The number of aliphatic hydroxyl groups excluding tert-OH is 2. The van der Waals surface area contributed by atoms with Crippen molar-refractivity contribution in [3.05, 3.63) is 0 Å². The Morgan fingerprint density at radius 1 is 0.944 bits per heavy atom. The van der Waals surface area contributed by atoms with E-state index in [2.05, 4.69) is 34.6 Å². The zero-order valence-corrected chi connectivity index (χ0v) is 23.0. The van der Waals surface area contributed by atoms with Crippen molar-refractivity contribution in [2.45, 2.75) is 123 Å². The van der Waals surface area contributed by atoms with Crippen molar-refractivity contribution in [2.24, 2.45) is 50.7 Å². The van der Waals surface area contributed by atoms with Gasteiger partial charge >= 0.3 is 0 Å². The van der Waals surface area contributed by atoms with Crippen molar-refractivity contribution >= 4 is 5.78 Å². The van der Waals surface area contributed by atoms with Crippen LogP contribution in [0.25, 0.3) is 0 Å². The molecule has 7 aliphatic rings. The van der Waals surface area contributed by atoms with E-state index in [1.54, 1.807) is 6.92 Å². The number of rotatable bonds is 0. The van der Waals surface area contributed by atoms with Crippen molar-refractivity contribution in [3.8, 4) is 0 Å². The Bertz CT molecular complexity index is 1020. The lowest BCUT2D eigenvalue weighted by Crippen LogP contribution is -2.63. The highest BCUT2D eigenvalue weighted by Gasteiger charge is 2.85. The number of Topliss-reactive ketones (excluding diaryl/α,β-unsaturated/α-hetero) is 1. The van der Waals surface area contributed by atoms with Crippen LogP contribution in [0.15, 0.2) is 0 Å². The molecule has 6 nitrogen and oxygen atoms in total. The third-order valence-electron chi connectivity index (χ3n) is 14.1. The summed E-state index contributed by atoms with van der Waals surface area (Å²) in [5.41, 5.74) is -1.63. The van der Waals surface area contributed by atoms with Gasteiger partial charge in [-0.25, -0.2) is 0 Å². The molecule has 5 saturated carbocycles. The van der Waals surface area contributed by atoms with E-state index in [4.69, 9.17) is 9.47 Å². The lowest BCUT2D eigenvalue weighted by Gasteiger charge is -2.64. The summed E-state index contributed by atoms with van der Waals surface area (Å²) in [7, 11) is 0. The van der Waals surface area contributed by atoms with Crippen LogP contribution >= 0.6 is 0 Å². The monoisotopic (exact) mass is 502 g/mol. The molecule has 2 saturated heterocycles. The molecule has 13 atom stereocenters. The minimum absolute atomic E-state index is 0.0690. The SMILES string of the molecule is CC1CC2(OCC(C)(O)C2O)OC2CC3(C)C4CCC5C(C)(C)C(=O)CCC56CC46CC(O)C3(C)C12. The quantitative estimate of drug-likeness (QED) is 0.466. The summed E-state index contributed by atoms with van der Waals surface area (Å²) in [4.78, 5) is 12.9. The van der Waals surface area contributed by atoms with Gasteiger partial charge in [-0.05, 0) is 85.4 Å². The Morgan fingerprint density at radius 3 is 2.31 bits per heavy atom. The minimum atomic E-state index is -1.32. The first-order valence-electron chi connectivity index (χ1n) is 14.5. The normalized spacial score (nSPS) is 64.8. The molecule has 2 heterocycles. The molecule has 2 aliphatic heterocycles. The summed E-state index contributed by atoms with van der Waals surface area (Å²) in [5, 5.41) is 33.9. The number of fused-ring (bicyclic) bond motifs is 4. The predicted octanol–water partition coefficient (Wildman–Crippen LogP) is 3.84. The summed E-state index contributed by atoms with van der Waals surface area (Å²) in [6, 6.07) is 0. The molecule has 0 amide bonds. The first-order valence-corrected chi connectivity index (χ1v) is 14.5. The van der Waals surface area contributed by atoms with Gasteiger partial charge in [0.2, 0.25) is 0 Å². The third-order valence-corrected chi connectivity index (χ3v) is 14.1. The van der Waals surface area contributed by atoms with E-state index in [9.17, 15) is 20.1 Å². The van der Waals surface area contributed by atoms with Crippen LogP contribution < -0.4 is 0 Å². The largest absolute Gasteiger partial charge is 0.393 e. The maximum absolute atomic E-state index is 12.9. The van der Waals surface area contributed by atoms with Crippen LogP contribution in [0.1, 0.15) is 92.9 Å². The maximum atomic E-state index is 12.9. The Morgan fingerprint density at radius 2 is 1.64 bits per heavy atom. The average molecular weight is 503 g/mol. The van der Waals surface area contributed by atoms with Gasteiger partial charge < -0.3 is 24.8 Å². The second kappa shape index (κ2) is 6.60. The van der Waals surface area contributed by atoms with Crippen molar-refractivity contribution < 1.29 is 29.6 Å². The van der Waals surface area contributed by atoms with Gasteiger partial charge in [-0.15, -0.1) is 0 Å². The predicted molar refractivity (Wildman–Crippen MR) is 133 cm³/mol. The summed E-state index contributed by atoms with van der Waals surface area (Å²) < 4.78 is 12.8. The molecule has 3 N–H and O–H groups in total. The molecule has 0 aromatic carbocycles. The van der Waals surface area contributed by atoms with Crippen molar-refractivity contribution in [2.75, 3.05) is 6.61 Å². The maximum Gasteiger partial charge on any atom is 0.198 e. The highest BCUT2D eigenvalue weighted by atomic mass is 16.7. The number of ketones is 1. The fourth-order valence-corrected chi connectivity index (χ4v) is 12.4. The van der Waals surface area contributed by atoms with Gasteiger partial charge in [0.25, 0.3) is 0 Å². The van der Waals surface area contributed by atoms with E-state index in [-0.39, 0.29) is 51.6 Å². The van der Waals surface area contributed by atoms with Gasteiger partial charge in [0.05, 0.1) is 18.8 Å². The first kappa shape index (κ1) is 24.5. The molecule has 0 bridgehead atoms. The van der Waals surface area contributed by atoms with Crippen LogP contribution in [-0.4, -0.2) is 57.4 Å². The number of hydrogen-bond acceptors (Lipinski definition) is 6. The van der Waals surface area contributed by atoms with Gasteiger partial charge in [-0.2, -0.15) is 0 Å². The van der Waals surface area contributed by atoms with Crippen LogP contribution in [0.3, 0.4) is 0 Å². The lowest BCUT2D eigenvalue weighted by molar-refractivity contribution is -0.315. The van der Waals surface area contributed by atoms with Crippen molar-refractivity contribution in [1.29, 1.82) is 0 Å². The van der Waals surface area contributed by atoms with Gasteiger partial charge in [-0.1, -0.05) is 34.6 Å². The van der Waals surface area contributed by atoms with E-state index in [0.717, 1.165) is 38.5 Å². The lowest BCUT2D eigenvalue weighted by atomic mass is 9.41. The Hall–Kier alpha value is -0.530. The zero-order chi connectivity index (χ0) is 25.9. The minimum Gasteiger partial charge on any atom is -0.393 e. The summed E-state index contributed by atoms with van der Waals surface area (Å²) in [6.07, 6.45) is 5.68. The molecule has 6 heteroatoms. The smallest absolute Gasteiger partial charge is 0.198 e. The van der Waals surface area contributed by atoms with Crippen LogP contribution in [0.2, 0.25) is 0 Å². The van der Waals surface area contributed by atoms with E-state index in [1.807, 2.05) is 0 Å². The van der Waals surface area contributed by atoms with Crippen LogP contribution in [-0.2, 0) is 14.3 Å². The Labute approximate surface area is 215 Å². The standard InChI is InChI=1S/C30H46O6/c1-16-11-30(23(33)26(5,34)15-35-30)36-17-12-25(4)19-8-7-18-24(2,3)20(31)9-10-28(18)14-29(19,28)13-21(32)27(25,6)22(16)17/h16-19,21-23,32-34H,7-15H2,1-6H3. The molecule has 13 unspecified atom stereocenters. The number of ether oxygens (including phenoxy) is 2. The summed E-state index contributed by atoms with van der Waals surface area (Å²) in [5.74, 6) is 0.565. The Kier molecular flexibility index (Phi) is 4.50. The van der Waals surface area contributed by atoms with E-state index >= 15 is 0 Å². The highest BCUT2D eigenvalue weighted by Crippen LogP contribution is 2.89. The number of carbonyl (C=O) groups is 1. The number of aliphatic hydroxyl groups is 3. The van der Waals surface area contributed by atoms with Crippen molar-refractivity contribution in [1.82, 2.24) is 0 Å². The molecule has 0 radical (unpaired) electrons. The van der Waals surface area contributed by atoms with E-state index < -0.39 is 23.6 Å². The first-order chi connectivity index (χ1) is 16.6. The molecule has 3 spiro atoms. The van der Waals surface area contributed by atoms with Gasteiger partial charge in [0.15, 0.2) is 5.79 Å². The van der Waals surface area contributed by atoms with Crippen LogP contribution in [0, 0.1) is 50.7 Å². The molecule has 0 aromatic rings. The van der Waals surface area contributed by atoms with Gasteiger partial charge in [-0.3, -0.25) is 4.79 Å². The highest BCUT2D eigenvalue weighted by molar-refractivity contribution is 5.86. The number of carbonyl (C=O) groups excluding carboxylic acids is 1. The average Bonchev–Trinajstić information content (AvgIpc) is 3.30. The molecule has 202 valence electrons. The summed E-state index contributed by atoms with van der Waals surface area (Å²) >= 11 is 0. The second-order valence-electron chi connectivity index (χ2n) is 15.7. The molecule has 5 aliphatic carbocycles. The molecular weight excluding hydrogens is 456 g/mol. The molecule has 7 rings (SSSR count). The third kappa shape index (κ3) is 2.39. The fourth-order valence-electron chi connectivity index (χ4n) is 12.4. The fraction of sp³-hybridized carbons (Fsp3) is 0.967. The number of hydrogen-bond donors (Lipinski definition) is 3. The Balaban J connectivity index is 1.27. The topological polar surface area (TPSA) is 96.2 Å². The summed E-state index contributed by atoms with van der Waals surface area (Å²) in [6.45, 7) is 13.0. The molecule has 36 heavy (non-hydrogen) atoms. The van der Waals surface area contributed by atoms with E-state index in [1.165, 1.54) is 0 Å². The zero-order valence-electron chi connectivity index (χ0n) is 23.0. The molecule has 7 fully saturated rings. The van der Waals surface area contributed by atoms with Crippen molar-refractivity contribution in [3.63, 3.8) is 0 Å². The van der Waals surface area contributed by atoms with E-state index in [0.29, 0.717) is 30.5 Å².